The van der Waals surface area contributed by atoms with E-state index in [-0.39, 0.29) is 11.7 Å². The van der Waals surface area contributed by atoms with Gasteiger partial charge in [-0.1, -0.05) is 30.3 Å². The number of aromatic nitrogens is 1. The smallest absolute Gasteiger partial charge is 0.322 e. The maximum atomic E-state index is 12.5. The van der Waals surface area contributed by atoms with Crippen molar-refractivity contribution in [3.8, 4) is 0 Å². The lowest BCUT2D eigenvalue weighted by Crippen LogP contribution is -2.37. The predicted molar refractivity (Wildman–Crippen MR) is 105 cm³/mol. The van der Waals surface area contributed by atoms with Crippen molar-refractivity contribution in [2.24, 2.45) is 0 Å². The lowest BCUT2D eigenvalue weighted by Gasteiger charge is -2.26. The Morgan fingerprint density at radius 2 is 2.04 bits per heavy atom. The van der Waals surface area contributed by atoms with Crippen LogP contribution in [0.5, 0.6) is 0 Å². The average molecular weight is 362 g/mol. The van der Waals surface area contributed by atoms with Crippen LogP contribution in [0.15, 0.2) is 60.8 Å². The molecule has 7 nitrogen and oxygen atoms in total. The number of carbonyl (C=O) groups is 1. The number of anilines is 1. The minimum absolute atomic E-state index is 0.0482. The Balaban J connectivity index is 1.46. The molecule has 0 saturated carbocycles. The van der Waals surface area contributed by atoms with Crippen LogP contribution in [-0.2, 0) is 0 Å². The normalized spacial score (nSPS) is 14.1. The maximum absolute atomic E-state index is 12.5. The Morgan fingerprint density at radius 3 is 2.81 bits per heavy atom. The summed E-state index contributed by atoms with van der Waals surface area (Å²) in [5, 5.41) is 14.8. The number of benzene rings is 2. The number of nitrogens with one attached hydrogen (secondary N) is 2. The molecule has 7 heteroatoms. The lowest BCUT2D eigenvalue weighted by atomic mass is 9.99. The Morgan fingerprint density at radius 1 is 1.19 bits per heavy atom. The van der Waals surface area contributed by atoms with Crippen LogP contribution >= 0.6 is 0 Å². The van der Waals surface area contributed by atoms with Gasteiger partial charge < -0.3 is 15.2 Å². The third-order valence-electron chi connectivity index (χ3n) is 4.74. The molecule has 1 aliphatic rings. The van der Waals surface area contributed by atoms with E-state index in [2.05, 4.69) is 22.4 Å². The van der Waals surface area contributed by atoms with Crippen molar-refractivity contribution in [2.45, 2.75) is 6.42 Å². The molecular formula is C20H18N4O3. The standard InChI is InChI=1S/C20H18N4O3/c25-20(22-15-4-3-5-16(12-15)24(26)27)23-10-8-14(9-11-23)18-13-21-19-7-2-1-6-17(18)19/h1-8,12-13,21H,9-11H2,(H,22,25). The second-order valence-corrected chi connectivity index (χ2v) is 6.41. The molecule has 4 rings (SSSR count). The maximum Gasteiger partial charge on any atom is 0.322 e. The molecule has 2 N–H and O–H groups in total. The van der Waals surface area contributed by atoms with Crippen LogP contribution in [0, 0.1) is 10.1 Å². The number of nitrogens with zero attached hydrogens (tertiary/aromatic N) is 2. The first kappa shape index (κ1) is 16.8. The number of para-hydroxylation sites is 1. The van der Waals surface area contributed by atoms with Crippen LogP contribution in [0.3, 0.4) is 0 Å². The summed E-state index contributed by atoms with van der Waals surface area (Å²) in [5.41, 5.74) is 3.85. The molecule has 0 bridgehead atoms. The van der Waals surface area contributed by atoms with Gasteiger partial charge in [-0.05, 0) is 24.1 Å². The van der Waals surface area contributed by atoms with Crippen LogP contribution in [0.4, 0.5) is 16.2 Å². The Hall–Kier alpha value is -3.61. The quantitative estimate of drug-likeness (QED) is 0.534. The number of amides is 2. The summed E-state index contributed by atoms with van der Waals surface area (Å²) in [6.45, 7) is 1.09. The molecule has 0 radical (unpaired) electrons. The van der Waals surface area contributed by atoms with E-state index in [0.717, 1.165) is 11.9 Å². The van der Waals surface area contributed by atoms with E-state index in [9.17, 15) is 14.9 Å². The number of H-pyrrole nitrogens is 1. The first-order valence-corrected chi connectivity index (χ1v) is 8.68. The van der Waals surface area contributed by atoms with Gasteiger partial charge in [0.15, 0.2) is 0 Å². The summed E-state index contributed by atoms with van der Waals surface area (Å²) in [5.74, 6) is 0. The number of hydrogen-bond acceptors (Lipinski definition) is 3. The van der Waals surface area contributed by atoms with Gasteiger partial charge in [0.25, 0.3) is 5.69 Å². The van der Waals surface area contributed by atoms with E-state index >= 15 is 0 Å². The Bertz CT molecular complexity index is 1050. The number of urea groups is 1. The number of rotatable bonds is 3. The van der Waals surface area contributed by atoms with E-state index in [1.165, 1.54) is 28.7 Å². The second kappa shape index (κ2) is 6.95. The molecule has 1 aliphatic heterocycles. The zero-order valence-electron chi connectivity index (χ0n) is 14.5. The summed E-state index contributed by atoms with van der Waals surface area (Å²) < 4.78 is 0. The first-order chi connectivity index (χ1) is 13.1. The number of nitro benzene ring substituents is 1. The first-order valence-electron chi connectivity index (χ1n) is 8.68. The predicted octanol–water partition coefficient (Wildman–Crippen LogP) is 4.40. The van der Waals surface area contributed by atoms with E-state index in [4.69, 9.17) is 0 Å². The zero-order chi connectivity index (χ0) is 18.8. The van der Waals surface area contributed by atoms with Crippen LogP contribution in [0.1, 0.15) is 12.0 Å². The molecule has 136 valence electrons. The Labute approximate surface area is 155 Å². The van der Waals surface area contributed by atoms with Crippen molar-refractivity contribution in [3.05, 3.63) is 76.5 Å². The Kier molecular flexibility index (Phi) is 4.33. The molecule has 27 heavy (non-hydrogen) atoms. The molecule has 0 unspecified atom stereocenters. The van der Waals surface area contributed by atoms with Crippen molar-refractivity contribution in [2.75, 3.05) is 18.4 Å². The third kappa shape index (κ3) is 3.39. The minimum atomic E-state index is -0.479. The minimum Gasteiger partial charge on any atom is -0.361 e. The van der Waals surface area contributed by atoms with Gasteiger partial charge in [-0.2, -0.15) is 0 Å². The van der Waals surface area contributed by atoms with Gasteiger partial charge in [0.2, 0.25) is 0 Å². The molecule has 0 aliphatic carbocycles. The van der Waals surface area contributed by atoms with Gasteiger partial charge in [0.05, 0.1) is 4.92 Å². The summed E-state index contributed by atoms with van der Waals surface area (Å²) in [6, 6.07) is 13.8. The number of carbonyl (C=O) groups excluding carboxylic acids is 1. The van der Waals surface area contributed by atoms with Crippen molar-refractivity contribution >= 4 is 33.9 Å². The van der Waals surface area contributed by atoms with Gasteiger partial charge in [0, 0.05) is 53.6 Å². The van der Waals surface area contributed by atoms with Gasteiger partial charge in [-0.25, -0.2) is 4.79 Å². The van der Waals surface area contributed by atoms with Gasteiger partial charge in [-0.15, -0.1) is 0 Å². The van der Waals surface area contributed by atoms with E-state index in [1.807, 2.05) is 24.4 Å². The van der Waals surface area contributed by atoms with Crippen molar-refractivity contribution in [1.82, 2.24) is 9.88 Å². The van der Waals surface area contributed by atoms with Gasteiger partial charge in [-0.3, -0.25) is 10.1 Å². The van der Waals surface area contributed by atoms with Gasteiger partial charge in [0.1, 0.15) is 0 Å². The molecular weight excluding hydrogens is 344 g/mol. The lowest BCUT2D eigenvalue weighted by molar-refractivity contribution is -0.384. The summed E-state index contributed by atoms with van der Waals surface area (Å²) in [7, 11) is 0. The number of non-ortho nitro benzene ring substituents is 1. The second-order valence-electron chi connectivity index (χ2n) is 6.41. The summed E-state index contributed by atoms with van der Waals surface area (Å²) >= 11 is 0. The highest BCUT2D eigenvalue weighted by Gasteiger charge is 2.20. The monoisotopic (exact) mass is 362 g/mol. The molecule has 2 amide bonds. The summed E-state index contributed by atoms with van der Waals surface area (Å²) in [6.07, 6.45) is 4.83. The molecule has 0 fully saturated rings. The number of hydrogen-bond donors (Lipinski definition) is 2. The molecule has 0 saturated heterocycles. The van der Waals surface area contributed by atoms with Crippen LogP contribution in [0.25, 0.3) is 16.5 Å². The van der Waals surface area contributed by atoms with Gasteiger partial charge >= 0.3 is 6.03 Å². The molecule has 2 aromatic carbocycles. The van der Waals surface area contributed by atoms with Crippen molar-refractivity contribution in [3.63, 3.8) is 0 Å². The number of nitro groups is 1. The molecule has 2 heterocycles. The fourth-order valence-corrected chi connectivity index (χ4v) is 3.34. The van der Waals surface area contributed by atoms with E-state index in [0.29, 0.717) is 18.8 Å². The number of aromatic amines is 1. The van der Waals surface area contributed by atoms with Crippen molar-refractivity contribution < 1.29 is 9.72 Å². The van der Waals surface area contributed by atoms with Crippen LogP contribution in [-0.4, -0.2) is 33.9 Å². The van der Waals surface area contributed by atoms with Crippen LogP contribution < -0.4 is 5.32 Å². The zero-order valence-corrected chi connectivity index (χ0v) is 14.5. The molecule has 1 aromatic heterocycles. The fourth-order valence-electron chi connectivity index (χ4n) is 3.34. The summed E-state index contributed by atoms with van der Waals surface area (Å²) in [4.78, 5) is 27.8. The third-order valence-corrected chi connectivity index (χ3v) is 4.74. The number of fused-ring (bicyclic) bond motifs is 1. The topological polar surface area (TPSA) is 91.3 Å². The van der Waals surface area contributed by atoms with Crippen molar-refractivity contribution in [1.29, 1.82) is 0 Å². The highest BCUT2D eigenvalue weighted by Crippen LogP contribution is 2.29. The molecule has 0 spiro atoms. The highest BCUT2D eigenvalue weighted by atomic mass is 16.6. The highest BCUT2D eigenvalue weighted by molar-refractivity contribution is 5.94. The average Bonchev–Trinajstić information content (AvgIpc) is 3.12. The van der Waals surface area contributed by atoms with E-state index < -0.39 is 4.92 Å². The molecule has 3 aromatic rings. The van der Waals surface area contributed by atoms with E-state index in [1.54, 1.807) is 17.0 Å². The fraction of sp³-hybridized carbons (Fsp3) is 0.150. The van der Waals surface area contributed by atoms with Crippen LogP contribution in [0.2, 0.25) is 0 Å². The molecule has 0 atom stereocenters. The largest absolute Gasteiger partial charge is 0.361 e. The SMILES string of the molecule is O=C(Nc1cccc([N+](=O)[O-])c1)N1CC=C(c2c[nH]c3ccccc23)CC1.